The number of nitrogens with zero attached hydrogens (tertiary/aromatic N) is 3. The lowest BCUT2D eigenvalue weighted by Crippen LogP contribution is -2.42. The molecule has 0 aliphatic heterocycles. The highest BCUT2D eigenvalue weighted by Gasteiger charge is 2.37. The minimum atomic E-state index is -4.17. The monoisotopic (exact) mass is 499 g/mol. The van der Waals surface area contributed by atoms with E-state index in [1.165, 1.54) is 35.7 Å². The molecule has 31 heavy (non-hydrogen) atoms. The zero-order valence-electron chi connectivity index (χ0n) is 16.7. The summed E-state index contributed by atoms with van der Waals surface area (Å²) in [6.45, 7) is 3.66. The van der Waals surface area contributed by atoms with Gasteiger partial charge in [-0.15, -0.1) is 11.3 Å². The number of nitro groups is 1. The normalized spacial score (nSPS) is 12.5. The van der Waals surface area contributed by atoms with E-state index in [-0.39, 0.29) is 22.2 Å². The minimum absolute atomic E-state index is 0.0241. The molecule has 3 aromatic rings. The van der Waals surface area contributed by atoms with Crippen LogP contribution in [-0.2, 0) is 16.4 Å². The van der Waals surface area contributed by atoms with E-state index in [1.807, 2.05) is 19.2 Å². The van der Waals surface area contributed by atoms with E-state index in [4.69, 9.17) is 23.2 Å². The molecule has 7 nitrogen and oxygen atoms in total. The molecule has 0 fully saturated rings. The number of halogens is 2. The second kappa shape index (κ2) is 9.52. The van der Waals surface area contributed by atoms with Gasteiger partial charge in [-0.1, -0.05) is 47.8 Å². The SMILES string of the molecule is CC[C@H](Cc1sccc1Cl)N(c1ccnc(Cl)c1[N+](=O)[O-])S(=O)(=O)c1ccc(C)cc1. The van der Waals surface area contributed by atoms with Crippen LogP contribution in [0.3, 0.4) is 0 Å². The Morgan fingerprint density at radius 3 is 2.42 bits per heavy atom. The van der Waals surface area contributed by atoms with Gasteiger partial charge in [-0.25, -0.2) is 13.4 Å². The average Bonchev–Trinajstić information content (AvgIpc) is 3.11. The standard InChI is InChI=1S/C20H19Cl2N3O4S2/c1-3-14(12-18-16(21)9-11-30-18)24(17-8-10-23-20(22)19(17)25(26)27)31(28,29)15-6-4-13(2)5-7-15/h4-11,14H,3,12H2,1-2H3/t14-/m1/s1. The maximum absolute atomic E-state index is 13.8. The first-order valence-electron chi connectivity index (χ1n) is 9.28. The van der Waals surface area contributed by atoms with E-state index < -0.39 is 26.7 Å². The molecular weight excluding hydrogens is 481 g/mol. The van der Waals surface area contributed by atoms with Crippen LogP contribution in [0.5, 0.6) is 0 Å². The highest BCUT2D eigenvalue weighted by molar-refractivity contribution is 7.92. The van der Waals surface area contributed by atoms with E-state index in [1.54, 1.807) is 18.2 Å². The van der Waals surface area contributed by atoms with E-state index in [2.05, 4.69) is 4.98 Å². The average molecular weight is 500 g/mol. The molecule has 164 valence electrons. The van der Waals surface area contributed by atoms with Gasteiger partial charge >= 0.3 is 5.69 Å². The molecule has 0 aliphatic carbocycles. The fraction of sp³-hybridized carbons (Fsp3) is 0.250. The summed E-state index contributed by atoms with van der Waals surface area (Å²) in [6.07, 6.45) is 1.93. The van der Waals surface area contributed by atoms with E-state index in [0.717, 1.165) is 14.7 Å². The molecule has 0 bridgehead atoms. The van der Waals surface area contributed by atoms with E-state index >= 15 is 0 Å². The fourth-order valence-electron chi connectivity index (χ4n) is 3.19. The maximum Gasteiger partial charge on any atom is 0.330 e. The predicted octanol–water partition coefficient (Wildman–Crippen LogP) is 5.88. The fourth-order valence-corrected chi connectivity index (χ4v) is 6.33. The number of hydrogen-bond acceptors (Lipinski definition) is 6. The summed E-state index contributed by atoms with van der Waals surface area (Å²) in [5.41, 5.74) is 0.196. The van der Waals surface area contributed by atoms with Gasteiger partial charge in [0.25, 0.3) is 10.0 Å². The molecule has 0 aliphatic rings. The van der Waals surface area contributed by atoms with E-state index in [9.17, 15) is 18.5 Å². The number of aryl methyl sites for hydroxylation is 1. The van der Waals surface area contributed by atoms with Crippen LogP contribution < -0.4 is 4.31 Å². The summed E-state index contributed by atoms with van der Waals surface area (Å²) in [6, 6.07) is 8.72. The smallest absolute Gasteiger partial charge is 0.258 e. The van der Waals surface area contributed by atoms with Gasteiger partial charge in [0.05, 0.1) is 20.9 Å². The zero-order valence-corrected chi connectivity index (χ0v) is 19.8. The van der Waals surface area contributed by atoms with Crippen molar-refractivity contribution >= 4 is 55.9 Å². The third-order valence-corrected chi connectivity index (χ3v) is 8.34. The van der Waals surface area contributed by atoms with Gasteiger partial charge in [-0.05, 0) is 43.0 Å². The number of aromatic nitrogens is 1. The first-order chi connectivity index (χ1) is 14.7. The molecule has 2 aromatic heterocycles. The summed E-state index contributed by atoms with van der Waals surface area (Å²) < 4.78 is 28.6. The molecule has 0 N–H and O–H groups in total. The lowest BCUT2D eigenvalue weighted by atomic mass is 10.1. The van der Waals surface area contributed by atoms with Crippen LogP contribution in [0.2, 0.25) is 10.2 Å². The van der Waals surface area contributed by atoms with Gasteiger partial charge in [-0.3, -0.25) is 14.4 Å². The first kappa shape index (κ1) is 23.5. The number of rotatable bonds is 8. The molecule has 11 heteroatoms. The van der Waals surface area contributed by atoms with Gasteiger partial charge in [0.2, 0.25) is 5.15 Å². The number of pyridine rings is 1. The molecule has 0 spiro atoms. The van der Waals surface area contributed by atoms with Gasteiger partial charge in [0.15, 0.2) is 0 Å². The van der Waals surface area contributed by atoms with Crippen LogP contribution in [0.15, 0.2) is 52.9 Å². The van der Waals surface area contributed by atoms with Gasteiger partial charge in [0, 0.05) is 17.5 Å². The summed E-state index contributed by atoms with van der Waals surface area (Å²) in [5, 5.41) is 13.7. The highest BCUT2D eigenvalue weighted by Crippen LogP contribution is 2.39. The Bertz CT molecular complexity index is 1200. The Morgan fingerprint density at radius 2 is 1.87 bits per heavy atom. The lowest BCUT2D eigenvalue weighted by Gasteiger charge is -2.32. The van der Waals surface area contributed by atoms with Crippen LogP contribution in [-0.4, -0.2) is 24.4 Å². The van der Waals surface area contributed by atoms with Crippen molar-refractivity contribution in [2.45, 2.75) is 37.6 Å². The van der Waals surface area contributed by atoms with Crippen LogP contribution in [0.25, 0.3) is 0 Å². The van der Waals surface area contributed by atoms with Gasteiger partial charge in [-0.2, -0.15) is 0 Å². The first-order valence-corrected chi connectivity index (χ1v) is 12.4. The summed E-state index contributed by atoms with van der Waals surface area (Å²) >= 11 is 13.7. The molecule has 0 radical (unpaired) electrons. The van der Waals surface area contributed by atoms with Gasteiger partial charge < -0.3 is 0 Å². The van der Waals surface area contributed by atoms with E-state index in [0.29, 0.717) is 11.4 Å². The quantitative estimate of drug-likeness (QED) is 0.219. The van der Waals surface area contributed by atoms with Crippen molar-refractivity contribution in [1.29, 1.82) is 0 Å². The molecule has 0 unspecified atom stereocenters. The highest BCUT2D eigenvalue weighted by atomic mass is 35.5. The number of anilines is 1. The zero-order chi connectivity index (χ0) is 22.8. The van der Waals surface area contributed by atoms with Crippen molar-refractivity contribution in [1.82, 2.24) is 4.98 Å². The maximum atomic E-state index is 13.8. The number of hydrogen-bond donors (Lipinski definition) is 0. The molecule has 0 saturated carbocycles. The van der Waals surface area contributed by atoms with Crippen molar-refractivity contribution in [2.24, 2.45) is 0 Å². The third-order valence-electron chi connectivity index (χ3n) is 4.77. The van der Waals surface area contributed by atoms with Crippen LogP contribution in [0, 0.1) is 17.0 Å². The largest absolute Gasteiger partial charge is 0.330 e. The number of sulfonamides is 1. The molecular formula is C20H19Cl2N3O4S2. The predicted molar refractivity (Wildman–Crippen MR) is 124 cm³/mol. The summed E-state index contributed by atoms with van der Waals surface area (Å²) in [4.78, 5) is 15.6. The topological polar surface area (TPSA) is 93.4 Å². The summed E-state index contributed by atoms with van der Waals surface area (Å²) in [5.74, 6) is 0. The van der Waals surface area contributed by atoms with Crippen molar-refractivity contribution in [3.05, 3.63) is 78.7 Å². The second-order valence-corrected chi connectivity index (χ2v) is 10.4. The van der Waals surface area contributed by atoms with Crippen molar-refractivity contribution in [2.75, 3.05) is 4.31 Å². The van der Waals surface area contributed by atoms with Crippen LogP contribution >= 0.6 is 34.5 Å². The molecule has 2 heterocycles. The van der Waals surface area contributed by atoms with Crippen molar-refractivity contribution < 1.29 is 13.3 Å². The van der Waals surface area contributed by atoms with Crippen molar-refractivity contribution in [3.8, 4) is 0 Å². The Morgan fingerprint density at radius 1 is 1.19 bits per heavy atom. The molecule has 0 saturated heterocycles. The Hall–Kier alpha value is -2.20. The number of benzene rings is 1. The van der Waals surface area contributed by atoms with Crippen LogP contribution in [0.1, 0.15) is 23.8 Å². The molecule has 0 amide bonds. The molecule has 1 aromatic carbocycles. The molecule has 1 atom stereocenters. The van der Waals surface area contributed by atoms with Crippen LogP contribution in [0.4, 0.5) is 11.4 Å². The Labute approximate surface area is 194 Å². The summed E-state index contributed by atoms with van der Waals surface area (Å²) in [7, 11) is -4.17. The Balaban J connectivity index is 2.24. The molecule has 3 rings (SSSR count). The van der Waals surface area contributed by atoms with Gasteiger partial charge in [0.1, 0.15) is 5.69 Å². The van der Waals surface area contributed by atoms with Crippen molar-refractivity contribution in [3.63, 3.8) is 0 Å². The third kappa shape index (κ3) is 4.85. The lowest BCUT2D eigenvalue weighted by molar-refractivity contribution is -0.384. The second-order valence-electron chi connectivity index (χ2n) is 6.80. The minimum Gasteiger partial charge on any atom is -0.258 e. The number of thiophene rings is 1. The Kier molecular flexibility index (Phi) is 7.20.